The maximum Gasteiger partial charge on any atom is 0.376 e. The summed E-state index contributed by atoms with van der Waals surface area (Å²) in [6.45, 7) is 7.22. The van der Waals surface area contributed by atoms with Crippen LogP contribution in [0.1, 0.15) is 31.1 Å². The van der Waals surface area contributed by atoms with E-state index in [1.54, 1.807) is 18.2 Å². The Hall–Kier alpha value is -1.75. The van der Waals surface area contributed by atoms with Gasteiger partial charge in [0.1, 0.15) is 23.7 Å². The third-order valence-electron chi connectivity index (χ3n) is 2.15. The van der Waals surface area contributed by atoms with Crippen LogP contribution in [0.5, 0.6) is 11.5 Å². The predicted molar refractivity (Wildman–Crippen MR) is 69.8 cm³/mol. The first-order valence-corrected chi connectivity index (χ1v) is 5.81. The highest BCUT2D eigenvalue weighted by Gasteiger charge is 2.18. The quantitative estimate of drug-likeness (QED) is 0.606. The molecule has 105 valence electrons. The van der Waals surface area contributed by atoms with Crippen LogP contribution >= 0.6 is 0 Å². The smallest absolute Gasteiger partial charge is 0.376 e. The maximum absolute atomic E-state index is 11.8. The van der Waals surface area contributed by atoms with Crippen molar-refractivity contribution in [1.82, 2.24) is 0 Å². The van der Waals surface area contributed by atoms with Gasteiger partial charge in [0.05, 0.1) is 14.2 Å². The first-order valence-electron chi connectivity index (χ1n) is 5.81. The zero-order valence-corrected chi connectivity index (χ0v) is 11.9. The van der Waals surface area contributed by atoms with Gasteiger partial charge in [0.15, 0.2) is 0 Å². The number of carbonyl (C=O) groups is 1. The van der Waals surface area contributed by atoms with Crippen molar-refractivity contribution in [1.29, 1.82) is 0 Å². The number of ether oxygens (including phenoxy) is 2. The van der Waals surface area contributed by atoms with E-state index in [-0.39, 0.29) is 11.0 Å². The Morgan fingerprint density at radius 1 is 1.16 bits per heavy atom. The average Bonchev–Trinajstić information content (AvgIpc) is 2.36. The van der Waals surface area contributed by atoms with Gasteiger partial charge in [0.2, 0.25) is 0 Å². The average molecular weight is 267 g/mol. The summed E-state index contributed by atoms with van der Waals surface area (Å²) in [7, 11) is 3.00. The van der Waals surface area contributed by atoms with E-state index in [2.05, 4.69) is 0 Å². The molecular weight excluding hydrogens is 248 g/mol. The minimum atomic E-state index is -0.625. The van der Waals surface area contributed by atoms with E-state index in [1.165, 1.54) is 20.8 Å². The summed E-state index contributed by atoms with van der Waals surface area (Å²) < 4.78 is 10.2. The number of hydrogen-bond donors (Lipinski definition) is 0. The molecule has 1 rings (SSSR count). The highest BCUT2D eigenvalue weighted by Crippen LogP contribution is 2.25. The lowest BCUT2D eigenvalue weighted by atomic mass is 9.99. The van der Waals surface area contributed by atoms with Crippen molar-refractivity contribution in [3.05, 3.63) is 30.4 Å². The van der Waals surface area contributed by atoms with Gasteiger partial charge in [-0.15, -0.1) is 0 Å². The summed E-state index contributed by atoms with van der Waals surface area (Å²) in [5, 5.41) is 0. The molecule has 0 amide bonds. The largest absolute Gasteiger partial charge is 0.497 e. The van der Waals surface area contributed by atoms with Crippen LogP contribution in [0.15, 0.2) is 18.2 Å². The monoisotopic (exact) mass is 267 g/mol. The van der Waals surface area contributed by atoms with Crippen LogP contribution in [-0.4, -0.2) is 20.2 Å². The van der Waals surface area contributed by atoms with Gasteiger partial charge in [0.25, 0.3) is 0 Å². The first kappa shape index (κ1) is 15.3. The van der Waals surface area contributed by atoms with Gasteiger partial charge in [-0.25, -0.2) is 4.79 Å². The van der Waals surface area contributed by atoms with Gasteiger partial charge in [-0.1, -0.05) is 20.8 Å². The molecule has 0 saturated heterocycles. The highest BCUT2D eigenvalue weighted by molar-refractivity contribution is 5.92. The second kappa shape index (κ2) is 6.43. The minimum Gasteiger partial charge on any atom is -0.497 e. The fourth-order valence-electron chi connectivity index (χ4n) is 1.22. The molecule has 1 aromatic carbocycles. The molecule has 1 aromatic rings. The lowest BCUT2D eigenvalue weighted by molar-refractivity contribution is -0.224. The fraction of sp³-hybridized carbons (Fsp3) is 0.429. The van der Waals surface area contributed by atoms with Gasteiger partial charge < -0.3 is 9.47 Å². The molecule has 1 radical (unpaired) electrons. The van der Waals surface area contributed by atoms with Crippen molar-refractivity contribution in [2.24, 2.45) is 5.41 Å². The molecule has 0 atom stereocenters. The van der Waals surface area contributed by atoms with Gasteiger partial charge in [-0.3, -0.25) is 4.89 Å². The van der Waals surface area contributed by atoms with Crippen LogP contribution in [0.25, 0.3) is 0 Å². The molecular formula is C14H19O5. The van der Waals surface area contributed by atoms with E-state index in [9.17, 15) is 4.79 Å². The molecule has 0 aliphatic heterocycles. The number of rotatable bonds is 5. The Morgan fingerprint density at radius 2 is 1.84 bits per heavy atom. The molecule has 5 nitrogen and oxygen atoms in total. The van der Waals surface area contributed by atoms with Crippen molar-refractivity contribution in [2.75, 3.05) is 14.2 Å². The van der Waals surface area contributed by atoms with Gasteiger partial charge in [-0.2, -0.15) is 4.89 Å². The Kier molecular flexibility index (Phi) is 5.18. The summed E-state index contributed by atoms with van der Waals surface area (Å²) >= 11 is 0. The second-order valence-corrected chi connectivity index (χ2v) is 5.02. The molecule has 0 spiro atoms. The molecule has 0 unspecified atom stereocenters. The van der Waals surface area contributed by atoms with Crippen molar-refractivity contribution in [3.8, 4) is 11.5 Å². The second-order valence-electron chi connectivity index (χ2n) is 5.02. The third-order valence-corrected chi connectivity index (χ3v) is 2.15. The van der Waals surface area contributed by atoms with E-state index >= 15 is 0 Å². The van der Waals surface area contributed by atoms with E-state index in [0.717, 1.165) is 0 Å². The summed E-state index contributed by atoms with van der Waals surface area (Å²) in [4.78, 5) is 21.3. The molecule has 0 aliphatic rings. The lowest BCUT2D eigenvalue weighted by Gasteiger charge is -2.15. The molecule has 0 bridgehead atoms. The summed E-state index contributed by atoms with van der Waals surface area (Å²) in [6.07, 6.45) is 0. The van der Waals surface area contributed by atoms with E-state index < -0.39 is 5.97 Å². The van der Waals surface area contributed by atoms with Crippen molar-refractivity contribution in [2.45, 2.75) is 20.8 Å². The van der Waals surface area contributed by atoms with Gasteiger partial charge in [0, 0.05) is 6.07 Å². The van der Waals surface area contributed by atoms with Crippen LogP contribution in [0.3, 0.4) is 0 Å². The number of carbonyl (C=O) groups excluding carboxylic acids is 1. The first-order chi connectivity index (χ1) is 8.87. The highest BCUT2D eigenvalue weighted by atomic mass is 17.2. The van der Waals surface area contributed by atoms with Crippen molar-refractivity contribution >= 4 is 5.97 Å². The zero-order valence-electron chi connectivity index (χ0n) is 11.9. The number of benzene rings is 1. The zero-order chi connectivity index (χ0) is 14.5. The molecule has 0 N–H and O–H groups in total. The SMILES string of the molecule is COc1ccc(C(=O)OO[CH]C(C)(C)C)c(OC)c1. The summed E-state index contributed by atoms with van der Waals surface area (Å²) in [6, 6.07) is 4.80. The maximum atomic E-state index is 11.8. The standard InChI is InChI=1S/C14H19O5/c1-14(2,3)9-18-19-13(15)11-7-6-10(16-4)8-12(11)17-5/h6-9H,1-5H3. The van der Waals surface area contributed by atoms with E-state index in [0.29, 0.717) is 11.5 Å². The number of methoxy groups -OCH3 is 2. The van der Waals surface area contributed by atoms with Gasteiger partial charge >= 0.3 is 5.97 Å². The lowest BCUT2D eigenvalue weighted by Crippen LogP contribution is -2.13. The summed E-state index contributed by atoms with van der Waals surface area (Å²) in [5.74, 6) is 0.333. The Bertz CT molecular complexity index is 434. The summed E-state index contributed by atoms with van der Waals surface area (Å²) in [5.41, 5.74) is 0.0650. The normalized spacial score (nSPS) is 11.0. The van der Waals surface area contributed by atoms with Crippen LogP contribution < -0.4 is 9.47 Å². The molecule has 0 aromatic heterocycles. The third kappa shape index (κ3) is 4.79. The van der Waals surface area contributed by atoms with Crippen LogP contribution in [0.2, 0.25) is 0 Å². The minimum absolute atomic E-state index is 0.204. The topological polar surface area (TPSA) is 54.0 Å². The van der Waals surface area contributed by atoms with Gasteiger partial charge in [-0.05, 0) is 17.5 Å². The predicted octanol–water partition coefficient (Wildman–Crippen LogP) is 3.00. The Balaban J connectivity index is 2.71. The van der Waals surface area contributed by atoms with E-state index in [1.807, 2.05) is 20.8 Å². The van der Waals surface area contributed by atoms with Crippen molar-refractivity contribution in [3.63, 3.8) is 0 Å². The fourth-order valence-corrected chi connectivity index (χ4v) is 1.22. The van der Waals surface area contributed by atoms with Crippen LogP contribution in [0, 0.1) is 12.0 Å². The Morgan fingerprint density at radius 3 is 2.37 bits per heavy atom. The number of hydrogen-bond acceptors (Lipinski definition) is 5. The molecule has 0 saturated carbocycles. The molecule has 0 fully saturated rings. The van der Waals surface area contributed by atoms with Crippen molar-refractivity contribution < 1.29 is 24.0 Å². The molecule has 0 heterocycles. The van der Waals surface area contributed by atoms with E-state index in [4.69, 9.17) is 19.2 Å². The molecule has 0 aliphatic carbocycles. The Labute approximate surface area is 113 Å². The molecule has 19 heavy (non-hydrogen) atoms. The van der Waals surface area contributed by atoms with Crippen LogP contribution in [0.4, 0.5) is 0 Å². The molecule has 5 heteroatoms. The van der Waals surface area contributed by atoms with Crippen LogP contribution in [-0.2, 0) is 9.78 Å².